The lowest BCUT2D eigenvalue weighted by Crippen LogP contribution is -2.32. The molecule has 76 valence electrons. The van der Waals surface area contributed by atoms with Gasteiger partial charge in [-0.05, 0) is 21.0 Å². The van der Waals surface area contributed by atoms with Crippen molar-refractivity contribution in [2.45, 2.75) is 19.6 Å². The summed E-state index contributed by atoms with van der Waals surface area (Å²) in [5, 5.41) is 9.21. The molecule has 0 spiro atoms. The summed E-state index contributed by atoms with van der Waals surface area (Å²) in [6.07, 6.45) is -1.16. The Bertz CT molecular complexity index is 191. The normalized spacial score (nSPS) is 12.7. The van der Waals surface area contributed by atoms with Gasteiger partial charge in [0.1, 0.15) is 6.23 Å². The maximum atomic E-state index is 11.0. The first-order chi connectivity index (χ1) is 5.99. The van der Waals surface area contributed by atoms with E-state index in [1.807, 2.05) is 0 Å². The van der Waals surface area contributed by atoms with Crippen molar-refractivity contribution < 1.29 is 19.4 Å². The largest absolute Gasteiger partial charge is 0.460 e. The highest BCUT2D eigenvalue weighted by Crippen LogP contribution is 1.97. The third-order valence-electron chi connectivity index (χ3n) is 1.47. The van der Waals surface area contributed by atoms with E-state index in [0.717, 1.165) is 0 Å². The van der Waals surface area contributed by atoms with Crippen molar-refractivity contribution >= 4 is 11.8 Å². The van der Waals surface area contributed by atoms with Gasteiger partial charge < -0.3 is 9.84 Å². The minimum absolute atomic E-state index is 0.169. The van der Waals surface area contributed by atoms with Crippen LogP contribution in [0.4, 0.5) is 0 Å². The van der Waals surface area contributed by atoms with E-state index in [-0.39, 0.29) is 13.0 Å². The summed E-state index contributed by atoms with van der Waals surface area (Å²) >= 11 is 0. The minimum atomic E-state index is -0.933. The van der Waals surface area contributed by atoms with Gasteiger partial charge in [-0.2, -0.15) is 0 Å². The van der Waals surface area contributed by atoms with Crippen LogP contribution in [-0.4, -0.2) is 48.7 Å². The van der Waals surface area contributed by atoms with E-state index >= 15 is 0 Å². The second-order valence-corrected chi connectivity index (χ2v) is 2.79. The second-order valence-electron chi connectivity index (χ2n) is 2.79. The number of carbonyl (C=O) groups is 2. The highest BCUT2D eigenvalue weighted by molar-refractivity contribution is 6.33. The number of carbonyl (C=O) groups excluding carboxylic acids is 2. The van der Waals surface area contributed by atoms with Crippen molar-refractivity contribution in [1.82, 2.24) is 4.90 Å². The molecule has 1 unspecified atom stereocenters. The molecule has 0 amide bonds. The topological polar surface area (TPSA) is 66.8 Å². The molecule has 0 aliphatic rings. The van der Waals surface area contributed by atoms with Crippen molar-refractivity contribution in [3.05, 3.63) is 0 Å². The molecular weight excluding hydrogens is 174 g/mol. The fourth-order valence-electron chi connectivity index (χ4n) is 0.643. The number of ketones is 1. The van der Waals surface area contributed by atoms with E-state index in [1.54, 1.807) is 21.0 Å². The molecule has 0 aromatic carbocycles. The van der Waals surface area contributed by atoms with Gasteiger partial charge in [0, 0.05) is 0 Å². The quantitative estimate of drug-likeness (QED) is 0.355. The molecule has 0 heterocycles. The van der Waals surface area contributed by atoms with E-state index in [2.05, 4.69) is 4.74 Å². The van der Waals surface area contributed by atoms with Gasteiger partial charge in [-0.15, -0.1) is 0 Å². The maximum absolute atomic E-state index is 11.0. The van der Waals surface area contributed by atoms with Crippen LogP contribution in [0.15, 0.2) is 0 Å². The summed E-state index contributed by atoms with van der Waals surface area (Å²) in [5.41, 5.74) is 0. The number of nitrogens with zero attached hydrogens (tertiary/aromatic N) is 1. The third-order valence-corrected chi connectivity index (χ3v) is 1.47. The average molecular weight is 189 g/mol. The van der Waals surface area contributed by atoms with E-state index in [0.29, 0.717) is 0 Å². The molecule has 5 heteroatoms. The van der Waals surface area contributed by atoms with Gasteiger partial charge in [0.2, 0.25) is 5.78 Å². The molecule has 1 N–H and O–H groups in total. The first-order valence-electron chi connectivity index (χ1n) is 4.03. The Morgan fingerprint density at radius 2 is 2.00 bits per heavy atom. The van der Waals surface area contributed by atoms with Gasteiger partial charge in [0.05, 0.1) is 13.0 Å². The smallest absolute Gasteiger partial charge is 0.374 e. The predicted molar refractivity (Wildman–Crippen MR) is 46.0 cm³/mol. The van der Waals surface area contributed by atoms with E-state index in [4.69, 9.17) is 0 Å². The fourth-order valence-corrected chi connectivity index (χ4v) is 0.643. The van der Waals surface area contributed by atoms with Gasteiger partial charge in [-0.1, -0.05) is 0 Å². The molecular formula is C8H15NO4. The third kappa shape index (κ3) is 4.59. The zero-order chi connectivity index (χ0) is 10.4. The molecule has 0 radical (unpaired) electrons. The molecule has 13 heavy (non-hydrogen) atoms. The van der Waals surface area contributed by atoms with Gasteiger partial charge in [-0.25, -0.2) is 4.79 Å². The highest BCUT2D eigenvalue weighted by Gasteiger charge is 2.20. The molecule has 0 saturated heterocycles. The van der Waals surface area contributed by atoms with Crippen LogP contribution in [0.2, 0.25) is 0 Å². The maximum Gasteiger partial charge on any atom is 0.374 e. The van der Waals surface area contributed by atoms with Crippen LogP contribution in [0, 0.1) is 0 Å². The zero-order valence-electron chi connectivity index (χ0n) is 8.11. The molecule has 0 rings (SSSR count). The van der Waals surface area contributed by atoms with Crippen molar-refractivity contribution in [2.75, 3.05) is 20.7 Å². The molecule has 0 saturated carbocycles. The van der Waals surface area contributed by atoms with E-state index < -0.39 is 18.0 Å². The van der Waals surface area contributed by atoms with Gasteiger partial charge in [-0.3, -0.25) is 9.69 Å². The van der Waals surface area contributed by atoms with Crippen LogP contribution < -0.4 is 0 Å². The lowest BCUT2D eigenvalue weighted by atomic mass is 10.2. The highest BCUT2D eigenvalue weighted by atomic mass is 16.5. The monoisotopic (exact) mass is 189 g/mol. The fraction of sp³-hybridized carbons (Fsp3) is 0.750. The number of ether oxygens (including phenoxy) is 1. The molecule has 5 nitrogen and oxygen atoms in total. The zero-order valence-corrected chi connectivity index (χ0v) is 8.11. The standard InChI is InChI=1S/C8H15NO4/c1-4-13-8(12)6(10)5-7(11)9(2)3/h7,11H,4-5H2,1-3H3. The number of rotatable bonds is 5. The van der Waals surface area contributed by atoms with Crippen molar-refractivity contribution in [2.24, 2.45) is 0 Å². The van der Waals surface area contributed by atoms with Crippen LogP contribution in [0.25, 0.3) is 0 Å². The van der Waals surface area contributed by atoms with Crippen LogP contribution >= 0.6 is 0 Å². The SMILES string of the molecule is CCOC(=O)C(=O)CC(O)N(C)C. The Kier molecular flexibility index (Phi) is 5.25. The Balaban J connectivity index is 3.93. The lowest BCUT2D eigenvalue weighted by molar-refractivity contribution is -0.155. The molecule has 0 aliphatic heterocycles. The number of esters is 1. The summed E-state index contributed by atoms with van der Waals surface area (Å²) in [6, 6.07) is 0. The number of hydrogen-bond acceptors (Lipinski definition) is 5. The summed E-state index contributed by atoms with van der Waals surface area (Å²) < 4.78 is 4.47. The summed E-state index contributed by atoms with van der Waals surface area (Å²) in [6.45, 7) is 1.79. The summed E-state index contributed by atoms with van der Waals surface area (Å²) in [5.74, 6) is -1.59. The number of aliphatic hydroxyl groups is 1. The van der Waals surface area contributed by atoms with Crippen LogP contribution in [-0.2, 0) is 14.3 Å². The first kappa shape index (κ1) is 12.1. The molecule has 1 atom stereocenters. The number of Topliss-reactive ketones (excluding diaryl/α,β-unsaturated/α-hetero) is 1. The Labute approximate surface area is 77.3 Å². The number of hydrogen-bond donors (Lipinski definition) is 1. The average Bonchev–Trinajstić information content (AvgIpc) is 2.04. The summed E-state index contributed by atoms with van der Waals surface area (Å²) in [7, 11) is 3.23. The Hall–Kier alpha value is -0.940. The molecule has 0 fully saturated rings. The van der Waals surface area contributed by atoms with Gasteiger partial charge in [0.25, 0.3) is 0 Å². The molecule has 0 bridgehead atoms. The van der Waals surface area contributed by atoms with Crippen molar-refractivity contribution in [3.63, 3.8) is 0 Å². The number of aliphatic hydroxyl groups excluding tert-OH is 1. The van der Waals surface area contributed by atoms with Crippen LogP contribution in [0.5, 0.6) is 0 Å². The Morgan fingerprint density at radius 3 is 2.38 bits per heavy atom. The van der Waals surface area contributed by atoms with Crippen LogP contribution in [0.1, 0.15) is 13.3 Å². The summed E-state index contributed by atoms with van der Waals surface area (Å²) in [4.78, 5) is 23.2. The van der Waals surface area contributed by atoms with E-state index in [1.165, 1.54) is 4.90 Å². The van der Waals surface area contributed by atoms with Crippen molar-refractivity contribution in [3.8, 4) is 0 Å². The minimum Gasteiger partial charge on any atom is -0.460 e. The molecule has 0 aliphatic carbocycles. The first-order valence-corrected chi connectivity index (χ1v) is 4.03. The lowest BCUT2D eigenvalue weighted by Gasteiger charge is -2.16. The van der Waals surface area contributed by atoms with Gasteiger partial charge >= 0.3 is 5.97 Å². The van der Waals surface area contributed by atoms with Crippen molar-refractivity contribution in [1.29, 1.82) is 0 Å². The predicted octanol–water partition coefficient (Wildman–Crippen LogP) is -0.611. The Morgan fingerprint density at radius 1 is 1.46 bits per heavy atom. The van der Waals surface area contributed by atoms with Crippen LogP contribution in [0.3, 0.4) is 0 Å². The second kappa shape index (κ2) is 5.66. The van der Waals surface area contributed by atoms with Gasteiger partial charge in [0.15, 0.2) is 0 Å². The molecule has 0 aromatic heterocycles. The molecule has 0 aromatic rings. The van der Waals surface area contributed by atoms with E-state index in [9.17, 15) is 14.7 Å².